The lowest BCUT2D eigenvalue weighted by Crippen LogP contribution is -1.92. The highest BCUT2D eigenvalue weighted by molar-refractivity contribution is 5.79. The number of nitrogens with two attached hydrogens (primary N) is 1. The Kier molecular flexibility index (Phi) is 2.22. The van der Waals surface area contributed by atoms with Crippen LogP contribution in [0.1, 0.15) is 0 Å². The smallest absolute Gasteiger partial charge is 0.186 e. The predicted molar refractivity (Wildman–Crippen MR) is 63.7 cm³/mol. The first-order valence-corrected chi connectivity index (χ1v) is 5.22. The van der Waals surface area contributed by atoms with Gasteiger partial charge in [-0.1, -0.05) is 6.07 Å². The highest BCUT2D eigenvalue weighted by Gasteiger charge is 2.13. The number of nitrogens with one attached hydrogen (secondary N) is 1. The summed E-state index contributed by atoms with van der Waals surface area (Å²) in [5.74, 6) is -1.22. The fraction of sp³-hybridized carbons (Fsp3) is 0. The maximum Gasteiger partial charge on any atom is 0.186 e. The van der Waals surface area contributed by atoms with Gasteiger partial charge in [-0.05, 0) is 24.3 Å². The fourth-order valence-corrected chi connectivity index (χ4v) is 1.72. The highest BCUT2D eigenvalue weighted by atomic mass is 19.2. The number of hydrogen-bond donors (Lipinski definition) is 2. The van der Waals surface area contributed by atoms with Crippen LogP contribution in [0.2, 0.25) is 0 Å². The fourth-order valence-electron chi connectivity index (χ4n) is 1.72. The molecule has 0 spiro atoms. The van der Waals surface area contributed by atoms with Crippen molar-refractivity contribution < 1.29 is 8.78 Å². The van der Waals surface area contributed by atoms with Gasteiger partial charge in [0.2, 0.25) is 0 Å². The van der Waals surface area contributed by atoms with E-state index in [-0.39, 0.29) is 5.52 Å². The van der Waals surface area contributed by atoms with Gasteiger partial charge in [0.15, 0.2) is 17.5 Å². The average Bonchev–Trinajstić information content (AvgIpc) is 2.79. The Morgan fingerprint density at radius 3 is 2.67 bits per heavy atom. The second kappa shape index (κ2) is 3.76. The molecule has 0 aliphatic heterocycles. The number of rotatable bonds is 1. The van der Waals surface area contributed by atoms with Crippen molar-refractivity contribution in [3.8, 4) is 11.5 Å². The topological polar surface area (TPSA) is 67.6 Å². The number of hydrogen-bond acceptors (Lipinski definition) is 3. The van der Waals surface area contributed by atoms with Gasteiger partial charge in [-0.3, -0.25) is 0 Å². The summed E-state index contributed by atoms with van der Waals surface area (Å²) < 4.78 is 26.6. The van der Waals surface area contributed by atoms with Crippen molar-refractivity contribution in [1.29, 1.82) is 0 Å². The van der Waals surface area contributed by atoms with E-state index in [0.717, 1.165) is 6.07 Å². The van der Waals surface area contributed by atoms with Crippen molar-refractivity contribution in [3.63, 3.8) is 0 Å². The van der Waals surface area contributed by atoms with Crippen LogP contribution in [0.3, 0.4) is 0 Å². The molecule has 90 valence electrons. The van der Waals surface area contributed by atoms with Crippen molar-refractivity contribution in [2.45, 2.75) is 0 Å². The Hall–Kier alpha value is -2.50. The van der Waals surface area contributed by atoms with Gasteiger partial charge >= 0.3 is 0 Å². The molecule has 4 nitrogen and oxygen atoms in total. The first kappa shape index (κ1) is 10.6. The number of nitrogen functional groups attached to an aromatic ring is 1. The van der Waals surface area contributed by atoms with Gasteiger partial charge in [0.25, 0.3) is 0 Å². The number of aromatic amines is 1. The number of imidazole rings is 1. The van der Waals surface area contributed by atoms with Gasteiger partial charge < -0.3 is 10.7 Å². The zero-order valence-corrected chi connectivity index (χ0v) is 9.11. The summed E-state index contributed by atoms with van der Waals surface area (Å²) in [7, 11) is 0. The van der Waals surface area contributed by atoms with Gasteiger partial charge in [0.05, 0.1) is 5.52 Å². The molecular formula is C12H8F2N4. The number of H-pyrrole nitrogens is 1. The third-order valence-corrected chi connectivity index (χ3v) is 2.56. The van der Waals surface area contributed by atoms with Gasteiger partial charge in [-0.2, -0.15) is 0 Å². The summed E-state index contributed by atoms with van der Waals surface area (Å²) in [5, 5.41) is 0. The molecule has 0 fully saturated rings. The number of pyridine rings is 1. The summed E-state index contributed by atoms with van der Waals surface area (Å²) in [5.41, 5.74) is 6.40. The van der Waals surface area contributed by atoms with Crippen molar-refractivity contribution in [3.05, 3.63) is 42.0 Å². The standard InChI is InChI=1S/C12H8F2N4/c13-6-4-5-7-11(10(6)14)18-12(17-7)8-2-1-3-9(15)16-8/h1-5H,(H2,15,16)(H,17,18). The molecule has 0 aliphatic carbocycles. The molecule has 0 atom stereocenters. The molecule has 0 bridgehead atoms. The van der Waals surface area contributed by atoms with Gasteiger partial charge in [0, 0.05) is 0 Å². The monoisotopic (exact) mass is 246 g/mol. The van der Waals surface area contributed by atoms with Gasteiger partial charge in [-0.15, -0.1) is 0 Å². The van der Waals surface area contributed by atoms with E-state index < -0.39 is 11.6 Å². The van der Waals surface area contributed by atoms with Crippen LogP contribution in [-0.2, 0) is 0 Å². The molecule has 18 heavy (non-hydrogen) atoms. The Balaban J connectivity index is 2.23. The van der Waals surface area contributed by atoms with E-state index in [4.69, 9.17) is 5.73 Å². The van der Waals surface area contributed by atoms with Crippen LogP contribution >= 0.6 is 0 Å². The lowest BCUT2D eigenvalue weighted by molar-refractivity contribution is 0.515. The van der Waals surface area contributed by atoms with E-state index in [1.54, 1.807) is 18.2 Å². The highest BCUT2D eigenvalue weighted by Crippen LogP contribution is 2.22. The van der Waals surface area contributed by atoms with Gasteiger partial charge in [-0.25, -0.2) is 18.7 Å². The van der Waals surface area contributed by atoms with Crippen LogP contribution in [0.15, 0.2) is 30.3 Å². The molecule has 0 saturated heterocycles. The molecule has 0 radical (unpaired) electrons. The van der Waals surface area contributed by atoms with Crippen LogP contribution in [-0.4, -0.2) is 15.0 Å². The maximum absolute atomic E-state index is 13.5. The Morgan fingerprint density at radius 1 is 1.06 bits per heavy atom. The molecule has 3 aromatic rings. The van der Waals surface area contributed by atoms with E-state index in [1.165, 1.54) is 6.07 Å². The second-order valence-corrected chi connectivity index (χ2v) is 3.79. The molecule has 3 N–H and O–H groups in total. The Bertz CT molecular complexity index is 736. The quantitative estimate of drug-likeness (QED) is 0.693. The van der Waals surface area contributed by atoms with Crippen LogP contribution in [0.4, 0.5) is 14.6 Å². The summed E-state index contributed by atoms with van der Waals surface area (Å²) >= 11 is 0. The number of fused-ring (bicyclic) bond motifs is 1. The molecule has 0 aliphatic rings. The third-order valence-electron chi connectivity index (χ3n) is 2.56. The number of nitrogens with zero attached hydrogens (tertiary/aromatic N) is 2. The Labute approximate surface area is 100 Å². The van der Waals surface area contributed by atoms with Crippen LogP contribution in [0.5, 0.6) is 0 Å². The largest absolute Gasteiger partial charge is 0.384 e. The molecule has 2 aromatic heterocycles. The average molecular weight is 246 g/mol. The summed E-state index contributed by atoms with van der Waals surface area (Å²) in [4.78, 5) is 10.9. The second-order valence-electron chi connectivity index (χ2n) is 3.79. The van der Waals surface area contributed by atoms with E-state index in [2.05, 4.69) is 15.0 Å². The third kappa shape index (κ3) is 1.58. The van der Waals surface area contributed by atoms with E-state index >= 15 is 0 Å². The molecule has 3 rings (SSSR count). The summed E-state index contributed by atoms with van der Waals surface area (Å²) in [6.45, 7) is 0. The van der Waals surface area contributed by atoms with Crippen molar-refractivity contribution in [2.75, 3.05) is 5.73 Å². The minimum atomic E-state index is -0.973. The molecule has 1 aromatic carbocycles. The van der Waals surface area contributed by atoms with E-state index in [9.17, 15) is 8.78 Å². The lowest BCUT2D eigenvalue weighted by atomic mass is 10.3. The number of anilines is 1. The van der Waals surface area contributed by atoms with Gasteiger partial charge in [0.1, 0.15) is 17.0 Å². The molecule has 0 unspecified atom stereocenters. The molecule has 0 amide bonds. The lowest BCUT2D eigenvalue weighted by Gasteiger charge is -1.96. The van der Waals surface area contributed by atoms with E-state index in [0.29, 0.717) is 22.9 Å². The number of halogens is 2. The molecule has 2 heterocycles. The van der Waals surface area contributed by atoms with Crippen molar-refractivity contribution >= 4 is 16.9 Å². The number of benzene rings is 1. The van der Waals surface area contributed by atoms with Crippen LogP contribution < -0.4 is 5.73 Å². The van der Waals surface area contributed by atoms with Crippen molar-refractivity contribution in [2.24, 2.45) is 0 Å². The summed E-state index contributed by atoms with van der Waals surface area (Å²) in [6.07, 6.45) is 0. The van der Waals surface area contributed by atoms with E-state index in [1.807, 2.05) is 0 Å². The zero-order chi connectivity index (χ0) is 12.7. The minimum absolute atomic E-state index is 0.0470. The normalized spacial score (nSPS) is 11.0. The number of aromatic nitrogens is 3. The first-order chi connectivity index (χ1) is 8.65. The van der Waals surface area contributed by atoms with Crippen LogP contribution in [0.25, 0.3) is 22.6 Å². The first-order valence-electron chi connectivity index (χ1n) is 5.22. The van der Waals surface area contributed by atoms with Crippen LogP contribution in [0, 0.1) is 11.6 Å². The SMILES string of the molecule is Nc1cccc(-c2nc3c(F)c(F)ccc3[nH]2)n1. The molecule has 6 heteroatoms. The molecular weight excluding hydrogens is 238 g/mol. The van der Waals surface area contributed by atoms with Crippen molar-refractivity contribution in [1.82, 2.24) is 15.0 Å². The zero-order valence-electron chi connectivity index (χ0n) is 9.11. The predicted octanol–water partition coefficient (Wildman–Crippen LogP) is 2.49. The minimum Gasteiger partial charge on any atom is -0.384 e. The maximum atomic E-state index is 13.5. The Morgan fingerprint density at radius 2 is 1.89 bits per heavy atom. The summed E-state index contributed by atoms with van der Waals surface area (Å²) in [6, 6.07) is 7.50. The molecule has 0 saturated carbocycles.